The Bertz CT molecular complexity index is 785. The first kappa shape index (κ1) is 23.9. The van der Waals surface area contributed by atoms with Gasteiger partial charge in [0.25, 0.3) is 0 Å². The molecule has 0 radical (unpaired) electrons. The number of hydroxylamine groups is 2. The van der Waals surface area contributed by atoms with Crippen LogP contribution in [0.2, 0.25) is 0 Å². The van der Waals surface area contributed by atoms with Crippen LogP contribution in [-0.2, 0) is 20.7 Å². The van der Waals surface area contributed by atoms with Gasteiger partial charge >= 0.3 is 0 Å². The lowest BCUT2D eigenvalue weighted by atomic mass is 9.66. The summed E-state index contributed by atoms with van der Waals surface area (Å²) in [5.41, 5.74) is 1.16. The summed E-state index contributed by atoms with van der Waals surface area (Å²) in [4.78, 5) is 6.63. The highest BCUT2D eigenvalue weighted by atomic mass is 16.7. The molecule has 1 aromatic carbocycles. The van der Waals surface area contributed by atoms with Crippen LogP contribution in [0.25, 0.3) is 0 Å². The first-order valence-electron chi connectivity index (χ1n) is 12.7. The van der Waals surface area contributed by atoms with Crippen LogP contribution in [0.4, 0.5) is 0 Å². The Morgan fingerprint density at radius 2 is 1.75 bits per heavy atom. The maximum atomic E-state index is 6.79. The number of rotatable bonds is 6. The minimum absolute atomic E-state index is 0.148. The lowest BCUT2D eigenvalue weighted by Gasteiger charge is -2.64. The summed E-state index contributed by atoms with van der Waals surface area (Å²) < 4.78 is 13.6. The van der Waals surface area contributed by atoms with Crippen LogP contribution in [0, 0.1) is 11.3 Å². The third-order valence-corrected chi connectivity index (χ3v) is 8.91. The van der Waals surface area contributed by atoms with E-state index in [1.165, 1.54) is 12.0 Å². The lowest BCUT2D eigenvalue weighted by Crippen LogP contribution is -2.73. The number of hydrogen-bond donors (Lipinski definition) is 0. The third kappa shape index (κ3) is 4.20. The zero-order valence-corrected chi connectivity index (χ0v) is 20.9. The first-order chi connectivity index (χ1) is 15.3. The van der Waals surface area contributed by atoms with Crippen molar-refractivity contribution in [1.82, 2.24) is 5.06 Å². The molecular weight excluding hydrogens is 398 g/mol. The van der Waals surface area contributed by atoms with Crippen molar-refractivity contribution in [2.24, 2.45) is 11.3 Å². The minimum atomic E-state index is -0.540. The monoisotopic (exact) mass is 441 g/mol. The molecule has 4 heteroatoms. The van der Waals surface area contributed by atoms with E-state index < -0.39 is 5.79 Å². The Morgan fingerprint density at radius 3 is 2.34 bits per heavy atom. The Balaban J connectivity index is 1.53. The van der Waals surface area contributed by atoms with Crippen molar-refractivity contribution in [2.75, 3.05) is 19.8 Å². The van der Waals surface area contributed by atoms with Gasteiger partial charge in [0.2, 0.25) is 0 Å². The first-order valence-corrected chi connectivity index (χ1v) is 12.7. The minimum Gasteiger partial charge on any atom is -0.349 e. The summed E-state index contributed by atoms with van der Waals surface area (Å²) >= 11 is 0. The number of hydrogen-bond acceptors (Lipinski definition) is 4. The number of ether oxygens (including phenoxy) is 2. The molecule has 2 fully saturated rings. The van der Waals surface area contributed by atoms with Gasteiger partial charge in [0, 0.05) is 23.3 Å². The molecule has 178 valence electrons. The zero-order chi connectivity index (χ0) is 22.9. The molecule has 2 aliphatic heterocycles. The molecule has 2 saturated heterocycles. The van der Waals surface area contributed by atoms with Crippen LogP contribution in [-0.4, -0.2) is 41.7 Å². The van der Waals surface area contributed by atoms with E-state index in [0.717, 1.165) is 51.7 Å². The number of allylic oxidation sites excluding steroid dienone is 2. The second kappa shape index (κ2) is 9.21. The van der Waals surface area contributed by atoms with Crippen LogP contribution in [0.3, 0.4) is 0 Å². The van der Waals surface area contributed by atoms with Crippen molar-refractivity contribution in [3.63, 3.8) is 0 Å². The maximum absolute atomic E-state index is 6.79. The van der Waals surface area contributed by atoms with E-state index in [1.54, 1.807) is 0 Å². The number of nitrogens with zero attached hydrogens (tertiary/aromatic N) is 1. The van der Waals surface area contributed by atoms with Gasteiger partial charge in [-0.25, -0.2) is 0 Å². The van der Waals surface area contributed by atoms with Crippen LogP contribution < -0.4 is 0 Å². The Labute approximate surface area is 195 Å². The topological polar surface area (TPSA) is 30.9 Å². The van der Waals surface area contributed by atoms with E-state index in [9.17, 15) is 0 Å². The zero-order valence-electron chi connectivity index (χ0n) is 20.9. The van der Waals surface area contributed by atoms with Crippen LogP contribution in [0.5, 0.6) is 0 Å². The summed E-state index contributed by atoms with van der Waals surface area (Å²) in [7, 11) is 0. The van der Waals surface area contributed by atoms with Gasteiger partial charge in [-0.1, -0.05) is 63.3 Å². The standard InChI is InChI=1S/C28H43NO3/c1-6-25(4)20-28(30-21-27(22-31-28)17-12-9-13-18-27)23(3)26(5,7-2)29(25)32-19-16-24-14-10-8-11-15-24/h8-12,14-15,23H,6-7,13,16-22H2,1-5H3. The number of piperidine rings is 1. The van der Waals surface area contributed by atoms with Gasteiger partial charge in [0.05, 0.1) is 25.4 Å². The molecule has 2 heterocycles. The Kier molecular flexibility index (Phi) is 6.89. The van der Waals surface area contributed by atoms with E-state index in [2.05, 4.69) is 82.2 Å². The van der Waals surface area contributed by atoms with Crippen LogP contribution in [0.15, 0.2) is 42.5 Å². The highest BCUT2D eigenvalue weighted by molar-refractivity contribution is 5.15. The molecule has 4 rings (SSSR count). The average molecular weight is 442 g/mol. The normalized spacial score (nSPS) is 40.2. The smallest absolute Gasteiger partial charge is 0.174 e. The fraction of sp³-hybridized carbons (Fsp3) is 0.714. The summed E-state index contributed by atoms with van der Waals surface area (Å²) in [6, 6.07) is 10.6. The quantitative estimate of drug-likeness (QED) is 0.484. The summed E-state index contributed by atoms with van der Waals surface area (Å²) in [5.74, 6) is -0.339. The lowest BCUT2D eigenvalue weighted by molar-refractivity contribution is -0.410. The van der Waals surface area contributed by atoms with E-state index in [-0.39, 0.29) is 22.4 Å². The van der Waals surface area contributed by atoms with Gasteiger partial charge in [0.15, 0.2) is 5.79 Å². The van der Waals surface area contributed by atoms with Gasteiger partial charge in [-0.2, -0.15) is 5.06 Å². The van der Waals surface area contributed by atoms with Crippen molar-refractivity contribution < 1.29 is 14.3 Å². The highest BCUT2D eigenvalue weighted by Gasteiger charge is 2.63. The molecule has 0 bridgehead atoms. The second-order valence-corrected chi connectivity index (χ2v) is 10.9. The Hall–Kier alpha value is -1.20. The molecule has 0 saturated carbocycles. The van der Waals surface area contributed by atoms with Crippen LogP contribution >= 0.6 is 0 Å². The van der Waals surface area contributed by atoms with E-state index in [1.807, 2.05) is 0 Å². The predicted octanol–water partition coefficient (Wildman–Crippen LogP) is 6.31. The van der Waals surface area contributed by atoms with Gasteiger partial charge in [-0.05, 0) is 57.9 Å². The van der Waals surface area contributed by atoms with Gasteiger partial charge in [-0.15, -0.1) is 0 Å². The van der Waals surface area contributed by atoms with Crippen molar-refractivity contribution in [3.8, 4) is 0 Å². The molecule has 0 N–H and O–H groups in total. The van der Waals surface area contributed by atoms with E-state index in [4.69, 9.17) is 14.3 Å². The van der Waals surface area contributed by atoms with Gasteiger partial charge in [0.1, 0.15) is 0 Å². The maximum Gasteiger partial charge on any atom is 0.174 e. The van der Waals surface area contributed by atoms with Gasteiger partial charge < -0.3 is 9.47 Å². The summed E-state index contributed by atoms with van der Waals surface area (Å²) in [6.07, 6.45) is 11.7. The molecule has 2 spiro atoms. The SMILES string of the molecule is CCC1(C)CC2(OCC3(CC=CCC3)CO2)C(C)C(C)(CC)N1OCCc1ccccc1. The molecule has 3 aliphatic rings. The summed E-state index contributed by atoms with van der Waals surface area (Å²) in [5, 5.41) is 2.33. The van der Waals surface area contributed by atoms with Crippen molar-refractivity contribution in [3.05, 3.63) is 48.0 Å². The predicted molar refractivity (Wildman–Crippen MR) is 129 cm³/mol. The van der Waals surface area contributed by atoms with E-state index >= 15 is 0 Å². The molecule has 1 aromatic rings. The van der Waals surface area contributed by atoms with Crippen molar-refractivity contribution >= 4 is 0 Å². The second-order valence-electron chi connectivity index (χ2n) is 10.9. The van der Waals surface area contributed by atoms with E-state index in [0.29, 0.717) is 6.61 Å². The fourth-order valence-corrected chi connectivity index (χ4v) is 6.13. The molecule has 3 unspecified atom stereocenters. The fourth-order valence-electron chi connectivity index (χ4n) is 6.13. The average Bonchev–Trinajstić information content (AvgIpc) is 2.83. The molecule has 0 aromatic heterocycles. The molecule has 32 heavy (non-hydrogen) atoms. The highest BCUT2D eigenvalue weighted by Crippen LogP contribution is 2.55. The van der Waals surface area contributed by atoms with Gasteiger partial charge in [-0.3, -0.25) is 4.84 Å². The van der Waals surface area contributed by atoms with Crippen molar-refractivity contribution in [1.29, 1.82) is 0 Å². The number of benzene rings is 1. The third-order valence-electron chi connectivity index (χ3n) is 8.91. The van der Waals surface area contributed by atoms with Crippen LogP contribution in [0.1, 0.15) is 78.7 Å². The molecular formula is C28H43NO3. The Morgan fingerprint density at radius 1 is 1.03 bits per heavy atom. The largest absolute Gasteiger partial charge is 0.349 e. The molecule has 3 atom stereocenters. The molecule has 0 amide bonds. The van der Waals surface area contributed by atoms with Crippen molar-refractivity contribution in [2.45, 2.75) is 96.4 Å². The molecule has 1 aliphatic carbocycles. The molecule has 4 nitrogen and oxygen atoms in total. The summed E-state index contributed by atoms with van der Waals surface area (Å²) in [6.45, 7) is 13.8.